The van der Waals surface area contributed by atoms with Crippen LogP contribution in [0.15, 0.2) is 23.3 Å². The summed E-state index contributed by atoms with van der Waals surface area (Å²) in [7, 11) is 0. The fraction of sp³-hybridized carbons (Fsp3) is 0.867. The molecule has 0 unspecified atom stereocenters. The smallest absolute Gasteiger partial charge is 0.110 e. The molecule has 3 saturated carbocycles. The maximum atomic E-state index is 11.6. The summed E-state index contributed by atoms with van der Waals surface area (Å²) >= 11 is 0. The lowest BCUT2D eigenvalue weighted by molar-refractivity contribution is -0.162. The minimum absolute atomic E-state index is 0.0501. The molecule has 3 fully saturated rings. The van der Waals surface area contributed by atoms with Crippen LogP contribution in [-0.4, -0.2) is 57.6 Å². The maximum Gasteiger partial charge on any atom is 0.110 e. The first-order valence-electron chi connectivity index (χ1n) is 14.2. The van der Waals surface area contributed by atoms with Crippen molar-refractivity contribution in [2.45, 2.75) is 116 Å². The number of fused-ring (bicyclic) bond motifs is 5. The van der Waals surface area contributed by atoms with Crippen LogP contribution in [0.3, 0.4) is 0 Å². The number of hydrogen-bond acceptors (Lipinski definition) is 5. The molecule has 0 aromatic rings. The Labute approximate surface area is 212 Å². The molecule has 0 saturated heterocycles. The van der Waals surface area contributed by atoms with Crippen molar-refractivity contribution in [3.63, 3.8) is 0 Å². The number of aliphatic hydroxyl groups is 4. The van der Waals surface area contributed by atoms with Gasteiger partial charge in [0.15, 0.2) is 0 Å². The highest BCUT2D eigenvalue weighted by molar-refractivity contribution is 5.40. The normalized spacial score (nSPS) is 42.0. The van der Waals surface area contributed by atoms with Gasteiger partial charge in [-0.2, -0.15) is 0 Å². The molecule has 0 bridgehead atoms. The van der Waals surface area contributed by atoms with Crippen LogP contribution in [0.25, 0.3) is 0 Å². The molecule has 4 rings (SSSR count). The predicted octanol–water partition coefficient (Wildman–Crippen LogP) is 4.77. The Morgan fingerprint density at radius 1 is 1.09 bits per heavy atom. The molecule has 9 atom stereocenters. The quantitative estimate of drug-likeness (QED) is 0.350. The Balaban J connectivity index is 1.52. The van der Waals surface area contributed by atoms with Crippen molar-refractivity contribution in [2.24, 2.45) is 34.5 Å². The summed E-state index contributed by atoms with van der Waals surface area (Å²) in [5.74, 6) is 2.18. The average molecular weight is 491 g/mol. The molecule has 0 spiro atoms. The minimum Gasteiger partial charge on any atom is -0.396 e. The van der Waals surface area contributed by atoms with Crippen LogP contribution in [0.5, 0.6) is 0 Å². The van der Waals surface area contributed by atoms with E-state index in [0.717, 1.165) is 24.8 Å². The number of ether oxygens (including phenoxy) is 1. The van der Waals surface area contributed by atoms with Crippen molar-refractivity contribution < 1.29 is 25.2 Å². The molecule has 0 amide bonds. The molecular formula is C30H50O5. The van der Waals surface area contributed by atoms with Crippen LogP contribution in [-0.2, 0) is 4.74 Å². The third kappa shape index (κ3) is 4.93. The first kappa shape index (κ1) is 27.3. The Morgan fingerprint density at radius 2 is 1.83 bits per heavy atom. The number of rotatable bonds is 9. The first-order chi connectivity index (χ1) is 16.4. The van der Waals surface area contributed by atoms with Gasteiger partial charge in [-0.25, -0.2) is 0 Å². The maximum absolute atomic E-state index is 11.6. The fourth-order valence-electron chi connectivity index (χ4n) is 8.57. The highest BCUT2D eigenvalue weighted by atomic mass is 16.5. The summed E-state index contributed by atoms with van der Waals surface area (Å²) in [6.45, 7) is 11.4. The molecule has 200 valence electrons. The number of hydrogen-bond donors (Lipinski definition) is 4. The second-order valence-electron chi connectivity index (χ2n) is 13.3. The van der Waals surface area contributed by atoms with Crippen molar-refractivity contribution in [1.29, 1.82) is 0 Å². The summed E-state index contributed by atoms with van der Waals surface area (Å²) in [4.78, 5) is 0. The van der Waals surface area contributed by atoms with E-state index in [4.69, 9.17) is 9.84 Å². The van der Waals surface area contributed by atoms with E-state index in [1.807, 2.05) is 13.8 Å². The van der Waals surface area contributed by atoms with Crippen LogP contribution in [0, 0.1) is 34.5 Å². The van der Waals surface area contributed by atoms with Gasteiger partial charge in [0, 0.05) is 18.6 Å². The van der Waals surface area contributed by atoms with Gasteiger partial charge in [0.2, 0.25) is 0 Å². The Kier molecular flexibility index (Phi) is 7.97. The zero-order valence-electron chi connectivity index (χ0n) is 22.7. The van der Waals surface area contributed by atoms with Crippen molar-refractivity contribution in [3.05, 3.63) is 23.3 Å². The molecule has 0 heterocycles. The van der Waals surface area contributed by atoms with Gasteiger partial charge < -0.3 is 25.2 Å². The molecule has 0 aromatic carbocycles. The van der Waals surface area contributed by atoms with E-state index in [1.165, 1.54) is 31.3 Å². The molecule has 0 aromatic heterocycles. The monoisotopic (exact) mass is 490 g/mol. The summed E-state index contributed by atoms with van der Waals surface area (Å²) in [5, 5.41) is 41.6. The SMILES string of the molecule is C[C@H](CCCC(C)(C)O)[C@H]1CC[C@H]2C3=CC=C4C[C@@H](O)[C@H](OCCCO)[C@@H](O)[C@]4(C)[C@H]3CC[C@]12C. The van der Waals surface area contributed by atoms with Crippen LogP contribution < -0.4 is 0 Å². The summed E-state index contributed by atoms with van der Waals surface area (Å²) < 4.78 is 5.93. The molecule has 4 N–H and O–H groups in total. The molecule has 35 heavy (non-hydrogen) atoms. The van der Waals surface area contributed by atoms with E-state index >= 15 is 0 Å². The molecule has 0 aliphatic heterocycles. The summed E-state index contributed by atoms with van der Waals surface area (Å²) in [5.41, 5.74) is 1.96. The lowest BCUT2D eigenvalue weighted by atomic mass is 9.49. The third-order valence-electron chi connectivity index (χ3n) is 10.6. The van der Waals surface area contributed by atoms with Crippen molar-refractivity contribution in [1.82, 2.24) is 0 Å². The van der Waals surface area contributed by atoms with Crippen LogP contribution in [0.1, 0.15) is 92.4 Å². The molecule has 5 heteroatoms. The van der Waals surface area contributed by atoms with Crippen LogP contribution >= 0.6 is 0 Å². The van der Waals surface area contributed by atoms with Crippen molar-refractivity contribution >= 4 is 0 Å². The average Bonchev–Trinajstić information content (AvgIpc) is 3.14. The van der Waals surface area contributed by atoms with Gasteiger partial charge in [-0.05, 0) is 87.9 Å². The predicted molar refractivity (Wildman–Crippen MR) is 139 cm³/mol. The third-order valence-corrected chi connectivity index (χ3v) is 10.6. The van der Waals surface area contributed by atoms with E-state index in [0.29, 0.717) is 37.2 Å². The Morgan fingerprint density at radius 3 is 2.51 bits per heavy atom. The molecular weight excluding hydrogens is 440 g/mol. The van der Waals surface area contributed by atoms with Crippen LogP contribution in [0.2, 0.25) is 0 Å². The first-order valence-corrected chi connectivity index (χ1v) is 14.2. The van der Waals surface area contributed by atoms with Crippen molar-refractivity contribution in [2.75, 3.05) is 13.2 Å². The summed E-state index contributed by atoms with van der Waals surface area (Å²) in [6.07, 6.45) is 11.3. The Hall–Kier alpha value is -0.720. The zero-order chi connectivity index (χ0) is 25.6. The van der Waals surface area contributed by atoms with Gasteiger partial charge >= 0.3 is 0 Å². The molecule has 4 aliphatic rings. The van der Waals surface area contributed by atoms with Gasteiger partial charge in [0.1, 0.15) is 6.10 Å². The van der Waals surface area contributed by atoms with E-state index in [2.05, 4.69) is 32.9 Å². The van der Waals surface area contributed by atoms with Gasteiger partial charge in [0.25, 0.3) is 0 Å². The van der Waals surface area contributed by atoms with E-state index in [-0.39, 0.29) is 17.9 Å². The Bertz CT molecular complexity index is 812. The topological polar surface area (TPSA) is 90.2 Å². The highest BCUT2D eigenvalue weighted by Crippen LogP contribution is 2.66. The van der Waals surface area contributed by atoms with Gasteiger partial charge in [-0.1, -0.05) is 56.9 Å². The van der Waals surface area contributed by atoms with E-state index in [9.17, 15) is 15.3 Å². The molecule has 0 radical (unpaired) electrons. The molecule has 4 aliphatic carbocycles. The summed E-state index contributed by atoms with van der Waals surface area (Å²) in [6, 6.07) is 0. The van der Waals surface area contributed by atoms with Crippen LogP contribution in [0.4, 0.5) is 0 Å². The minimum atomic E-state index is -0.757. The second kappa shape index (κ2) is 10.2. The second-order valence-corrected chi connectivity index (χ2v) is 13.3. The standard InChI is InChI=1S/C30H50O5/c1-19(8-6-14-28(2,3)34)22-11-12-23-21-10-9-20-18-25(32)26(35-17-7-16-31)27(33)30(20,5)24(21)13-15-29(22,23)4/h9-10,19,22-27,31-34H,6-8,11-18H2,1-5H3/t19-,22-,23+,24+,25-,26+,27-,29-,30+/m1/s1. The molecule has 5 nitrogen and oxygen atoms in total. The van der Waals surface area contributed by atoms with Crippen molar-refractivity contribution in [3.8, 4) is 0 Å². The van der Waals surface area contributed by atoms with E-state index in [1.54, 1.807) is 0 Å². The number of allylic oxidation sites excluding steroid dienone is 3. The number of aliphatic hydroxyl groups excluding tert-OH is 3. The van der Waals surface area contributed by atoms with Gasteiger partial charge in [0.05, 0.1) is 17.8 Å². The largest absolute Gasteiger partial charge is 0.396 e. The van der Waals surface area contributed by atoms with E-state index < -0.39 is 29.3 Å². The fourth-order valence-corrected chi connectivity index (χ4v) is 8.57. The lowest BCUT2D eigenvalue weighted by Crippen LogP contribution is -2.59. The van der Waals surface area contributed by atoms with Gasteiger partial charge in [-0.3, -0.25) is 0 Å². The highest BCUT2D eigenvalue weighted by Gasteiger charge is 2.60. The van der Waals surface area contributed by atoms with Gasteiger partial charge in [-0.15, -0.1) is 0 Å². The lowest BCUT2D eigenvalue weighted by Gasteiger charge is -2.57. The zero-order valence-corrected chi connectivity index (χ0v) is 22.7.